The Kier molecular flexibility index (Phi) is 3.69. The molecular weight excluding hydrogens is 334 g/mol. The summed E-state index contributed by atoms with van der Waals surface area (Å²) in [5, 5.41) is 5.24. The predicted octanol–water partition coefficient (Wildman–Crippen LogP) is 3.90. The average Bonchev–Trinajstić information content (AvgIpc) is 2.97. The van der Waals surface area contributed by atoms with Crippen molar-refractivity contribution in [3.8, 4) is 0 Å². The zero-order valence-corrected chi connectivity index (χ0v) is 13.6. The van der Waals surface area contributed by atoms with Crippen LogP contribution in [0.25, 0.3) is 0 Å². The quantitative estimate of drug-likeness (QED) is 0.894. The highest BCUT2D eigenvalue weighted by Gasteiger charge is 2.45. The van der Waals surface area contributed by atoms with Gasteiger partial charge in [-0.05, 0) is 34.0 Å². The summed E-state index contributed by atoms with van der Waals surface area (Å²) in [6.45, 7) is 2.19. The molecule has 104 valence electrons. The number of halogens is 1. The highest BCUT2D eigenvalue weighted by atomic mass is 79.9. The van der Waals surface area contributed by atoms with Crippen LogP contribution in [0.2, 0.25) is 0 Å². The number of hydrogen-bond acceptors (Lipinski definition) is 2. The minimum absolute atomic E-state index is 0.121. The molecule has 0 saturated carbocycles. The number of carbonyl (C=O) groups excluding carboxylic acids is 1. The lowest BCUT2D eigenvalue weighted by atomic mass is 9.78. The Labute approximate surface area is 131 Å². The first-order valence-corrected chi connectivity index (χ1v) is 8.33. The smallest absolute Gasteiger partial charge is 0.221 e. The van der Waals surface area contributed by atoms with Gasteiger partial charge in [0.25, 0.3) is 0 Å². The predicted molar refractivity (Wildman–Crippen MR) is 86.1 cm³/mol. The van der Waals surface area contributed by atoms with Gasteiger partial charge >= 0.3 is 0 Å². The van der Waals surface area contributed by atoms with Crippen molar-refractivity contribution in [2.24, 2.45) is 0 Å². The molecule has 2 atom stereocenters. The topological polar surface area (TPSA) is 29.1 Å². The second kappa shape index (κ2) is 5.34. The molecule has 1 N–H and O–H groups in total. The summed E-state index contributed by atoms with van der Waals surface area (Å²) in [6, 6.07) is 12.7. The van der Waals surface area contributed by atoms with Crippen molar-refractivity contribution >= 4 is 33.2 Å². The molecule has 1 fully saturated rings. The molecule has 3 rings (SSSR count). The normalized spacial score (nSPS) is 25.7. The first-order valence-electron chi connectivity index (χ1n) is 6.66. The second-order valence-electron chi connectivity index (χ2n) is 5.53. The van der Waals surface area contributed by atoms with Gasteiger partial charge in [-0.2, -0.15) is 0 Å². The lowest BCUT2D eigenvalue weighted by Gasteiger charge is -2.29. The van der Waals surface area contributed by atoms with Crippen LogP contribution in [0.5, 0.6) is 0 Å². The molecule has 1 amide bonds. The summed E-state index contributed by atoms with van der Waals surface area (Å²) >= 11 is 5.23. The Morgan fingerprint density at radius 2 is 2.15 bits per heavy atom. The summed E-state index contributed by atoms with van der Waals surface area (Å²) < 4.78 is 1.09. The van der Waals surface area contributed by atoms with Gasteiger partial charge in [-0.3, -0.25) is 4.79 Å². The first kappa shape index (κ1) is 13.8. The third kappa shape index (κ3) is 2.54. The Morgan fingerprint density at radius 1 is 1.40 bits per heavy atom. The zero-order chi connectivity index (χ0) is 14.2. The van der Waals surface area contributed by atoms with Crippen LogP contribution in [-0.2, 0) is 16.6 Å². The van der Waals surface area contributed by atoms with E-state index in [-0.39, 0.29) is 17.4 Å². The summed E-state index contributed by atoms with van der Waals surface area (Å²) in [6.07, 6.45) is 1.44. The number of nitrogens with one attached hydrogen (secondary N) is 1. The molecule has 0 spiro atoms. The third-order valence-corrected chi connectivity index (χ3v) is 6.02. The van der Waals surface area contributed by atoms with E-state index < -0.39 is 0 Å². The zero-order valence-electron chi connectivity index (χ0n) is 11.2. The standard InChI is InChI=1S/C16H16BrNOS/c1-16(14-8-12(17)10-20-14)9-15(19)18-13(16)7-11-5-3-2-4-6-11/h2-6,8,10,13H,7,9H2,1H3,(H,18,19). The van der Waals surface area contributed by atoms with Crippen molar-refractivity contribution in [2.75, 3.05) is 0 Å². The van der Waals surface area contributed by atoms with Gasteiger partial charge in [0.1, 0.15) is 0 Å². The SMILES string of the molecule is CC1(c2cc(Br)cs2)CC(=O)NC1Cc1ccccc1. The van der Waals surface area contributed by atoms with Crippen LogP contribution < -0.4 is 5.32 Å². The van der Waals surface area contributed by atoms with Gasteiger partial charge in [0, 0.05) is 32.6 Å². The van der Waals surface area contributed by atoms with E-state index in [1.807, 2.05) is 18.2 Å². The molecule has 2 heterocycles. The Morgan fingerprint density at radius 3 is 2.80 bits per heavy atom. The van der Waals surface area contributed by atoms with Crippen molar-refractivity contribution in [3.05, 3.63) is 56.7 Å². The largest absolute Gasteiger partial charge is 0.352 e. The van der Waals surface area contributed by atoms with Gasteiger partial charge in [0.05, 0.1) is 0 Å². The number of benzene rings is 1. The third-order valence-electron chi connectivity index (χ3n) is 4.05. The summed E-state index contributed by atoms with van der Waals surface area (Å²) in [7, 11) is 0. The highest BCUT2D eigenvalue weighted by molar-refractivity contribution is 9.10. The van der Waals surface area contributed by atoms with Gasteiger partial charge in [-0.25, -0.2) is 0 Å². The summed E-state index contributed by atoms with van der Waals surface area (Å²) in [5.74, 6) is 0.151. The van der Waals surface area contributed by atoms with E-state index in [1.165, 1.54) is 10.4 Å². The van der Waals surface area contributed by atoms with Crippen molar-refractivity contribution in [1.29, 1.82) is 0 Å². The monoisotopic (exact) mass is 349 g/mol. The number of amides is 1. The fourth-order valence-corrected chi connectivity index (χ4v) is 4.51. The molecule has 20 heavy (non-hydrogen) atoms. The molecule has 1 saturated heterocycles. The molecule has 2 nitrogen and oxygen atoms in total. The van der Waals surface area contributed by atoms with Gasteiger partial charge in [-0.15, -0.1) is 11.3 Å². The number of carbonyl (C=O) groups is 1. The molecule has 0 bridgehead atoms. The lowest BCUT2D eigenvalue weighted by molar-refractivity contribution is -0.119. The van der Waals surface area contributed by atoms with Gasteiger partial charge in [-0.1, -0.05) is 37.3 Å². The molecule has 1 aromatic heterocycles. The fraction of sp³-hybridized carbons (Fsp3) is 0.312. The molecule has 0 radical (unpaired) electrons. The van der Waals surface area contributed by atoms with E-state index in [1.54, 1.807) is 11.3 Å². The Bertz CT molecular complexity index is 624. The number of hydrogen-bond donors (Lipinski definition) is 1. The summed E-state index contributed by atoms with van der Waals surface area (Å²) in [5.41, 5.74) is 1.14. The van der Waals surface area contributed by atoms with Crippen LogP contribution in [0, 0.1) is 0 Å². The van der Waals surface area contributed by atoms with E-state index in [9.17, 15) is 4.79 Å². The van der Waals surface area contributed by atoms with E-state index in [4.69, 9.17) is 0 Å². The van der Waals surface area contributed by atoms with E-state index >= 15 is 0 Å². The molecule has 2 aromatic rings. The highest BCUT2D eigenvalue weighted by Crippen LogP contribution is 2.41. The van der Waals surface area contributed by atoms with Gasteiger partial charge in [0.15, 0.2) is 0 Å². The maximum atomic E-state index is 11.9. The molecule has 2 unspecified atom stereocenters. The van der Waals surface area contributed by atoms with Crippen LogP contribution in [0.15, 0.2) is 46.3 Å². The van der Waals surface area contributed by atoms with Crippen molar-refractivity contribution in [2.45, 2.75) is 31.2 Å². The van der Waals surface area contributed by atoms with Crippen LogP contribution in [0.3, 0.4) is 0 Å². The molecule has 1 aliphatic heterocycles. The van der Waals surface area contributed by atoms with E-state index in [0.717, 1.165) is 10.9 Å². The molecule has 1 aliphatic rings. The van der Waals surface area contributed by atoms with Gasteiger partial charge < -0.3 is 5.32 Å². The minimum atomic E-state index is -0.121. The van der Waals surface area contributed by atoms with Crippen LogP contribution >= 0.6 is 27.3 Å². The molecule has 0 aliphatic carbocycles. The van der Waals surface area contributed by atoms with Crippen molar-refractivity contribution in [3.63, 3.8) is 0 Å². The minimum Gasteiger partial charge on any atom is -0.352 e. The van der Waals surface area contributed by atoms with Crippen molar-refractivity contribution in [1.82, 2.24) is 5.32 Å². The maximum Gasteiger partial charge on any atom is 0.221 e. The molecule has 4 heteroatoms. The Balaban J connectivity index is 1.90. The van der Waals surface area contributed by atoms with E-state index in [0.29, 0.717) is 6.42 Å². The van der Waals surface area contributed by atoms with Crippen molar-refractivity contribution < 1.29 is 4.79 Å². The second-order valence-corrected chi connectivity index (χ2v) is 7.36. The van der Waals surface area contributed by atoms with E-state index in [2.05, 4.69) is 51.7 Å². The van der Waals surface area contributed by atoms with Crippen LogP contribution in [0.1, 0.15) is 23.8 Å². The fourth-order valence-electron chi connectivity index (χ4n) is 2.86. The summed E-state index contributed by atoms with van der Waals surface area (Å²) in [4.78, 5) is 13.2. The molecular formula is C16H16BrNOS. The average molecular weight is 350 g/mol. The van der Waals surface area contributed by atoms with Crippen LogP contribution in [-0.4, -0.2) is 11.9 Å². The van der Waals surface area contributed by atoms with Gasteiger partial charge in [0.2, 0.25) is 5.91 Å². The van der Waals surface area contributed by atoms with Crippen LogP contribution in [0.4, 0.5) is 0 Å². The first-order chi connectivity index (χ1) is 9.58. The lowest BCUT2D eigenvalue weighted by Crippen LogP contribution is -2.39. The Hall–Kier alpha value is -1.13. The maximum absolute atomic E-state index is 11.9. The number of thiophene rings is 1. The number of rotatable bonds is 3. The molecule has 1 aromatic carbocycles.